The molecule has 0 bridgehead atoms. The van der Waals surface area contributed by atoms with Crippen molar-refractivity contribution in [3.05, 3.63) is 29.8 Å². The van der Waals surface area contributed by atoms with Gasteiger partial charge in [-0.3, -0.25) is 0 Å². The van der Waals surface area contributed by atoms with Crippen molar-refractivity contribution in [2.45, 2.75) is 51.7 Å². The molecule has 0 aliphatic rings. The van der Waals surface area contributed by atoms with E-state index in [0.29, 0.717) is 13.0 Å². The number of unbranched alkanes of at least 4 members (excludes halogenated alkanes) is 3. The zero-order valence-corrected chi connectivity index (χ0v) is 12.9. The van der Waals surface area contributed by atoms with Crippen molar-refractivity contribution in [3.8, 4) is 17.6 Å². The van der Waals surface area contributed by atoms with E-state index in [4.69, 9.17) is 9.47 Å². The number of methoxy groups -OCH3 is 1. The number of rotatable bonds is 9. The minimum absolute atomic E-state index is 0.314. The maximum Gasteiger partial charge on any atom is 0.125 e. The molecular weight excluding hydrogens is 264 g/mol. The van der Waals surface area contributed by atoms with Crippen molar-refractivity contribution in [1.82, 2.24) is 0 Å². The van der Waals surface area contributed by atoms with Gasteiger partial charge in [0.25, 0.3) is 0 Å². The van der Waals surface area contributed by atoms with Gasteiger partial charge in [-0.25, -0.2) is 0 Å². The average Bonchev–Trinajstić information content (AvgIpc) is 2.52. The van der Waals surface area contributed by atoms with Crippen LogP contribution in [0.15, 0.2) is 24.3 Å². The molecule has 0 unspecified atom stereocenters. The Morgan fingerprint density at radius 1 is 1.24 bits per heavy atom. The fourth-order valence-corrected chi connectivity index (χ4v) is 1.82. The molecule has 1 aromatic rings. The van der Waals surface area contributed by atoms with Gasteiger partial charge in [-0.1, -0.05) is 37.8 Å². The lowest BCUT2D eigenvalue weighted by molar-refractivity contribution is -0.109. The van der Waals surface area contributed by atoms with Crippen LogP contribution in [0.25, 0.3) is 0 Å². The first-order valence-electron chi connectivity index (χ1n) is 7.46. The van der Waals surface area contributed by atoms with Crippen LogP contribution >= 0.6 is 0 Å². The van der Waals surface area contributed by atoms with Crippen LogP contribution in [-0.2, 0) is 16.1 Å². The standard InChI is InChI=1S/C18H24O3/c1-3-4-5-6-7-8-18(13-14-19)21-15-16-9-11-17(20-2)12-10-16/h9-12,14,18H,3-6,13,15H2,1-2H3/t18-/m0/s1. The summed E-state index contributed by atoms with van der Waals surface area (Å²) in [5, 5.41) is 0. The molecule has 0 aliphatic heterocycles. The summed E-state index contributed by atoms with van der Waals surface area (Å²) >= 11 is 0. The van der Waals surface area contributed by atoms with Crippen LogP contribution < -0.4 is 4.74 Å². The molecular formula is C18H24O3. The lowest BCUT2D eigenvalue weighted by atomic mass is 10.2. The van der Waals surface area contributed by atoms with Gasteiger partial charge in [0.15, 0.2) is 0 Å². The summed E-state index contributed by atoms with van der Waals surface area (Å²) in [6.45, 7) is 2.62. The van der Waals surface area contributed by atoms with Gasteiger partial charge in [0.05, 0.1) is 13.7 Å². The monoisotopic (exact) mass is 288 g/mol. The quantitative estimate of drug-likeness (QED) is 0.394. The van der Waals surface area contributed by atoms with E-state index in [-0.39, 0.29) is 6.10 Å². The number of aldehydes is 1. The first-order valence-corrected chi connectivity index (χ1v) is 7.46. The van der Waals surface area contributed by atoms with E-state index in [0.717, 1.165) is 30.4 Å². The highest BCUT2D eigenvalue weighted by molar-refractivity contribution is 5.51. The fraction of sp³-hybridized carbons (Fsp3) is 0.500. The molecule has 0 fully saturated rings. The summed E-state index contributed by atoms with van der Waals surface area (Å²) in [7, 11) is 1.64. The molecule has 0 heterocycles. The van der Waals surface area contributed by atoms with Crippen LogP contribution in [0.5, 0.6) is 5.75 Å². The molecule has 0 aliphatic carbocycles. The number of ether oxygens (including phenoxy) is 2. The summed E-state index contributed by atoms with van der Waals surface area (Å²) in [6, 6.07) is 7.69. The molecule has 0 radical (unpaired) electrons. The van der Waals surface area contributed by atoms with Gasteiger partial charge in [-0.15, -0.1) is 5.92 Å². The molecule has 0 spiro atoms. The van der Waals surface area contributed by atoms with Crippen molar-refractivity contribution in [2.24, 2.45) is 0 Å². The normalized spacial score (nSPS) is 11.3. The smallest absolute Gasteiger partial charge is 0.125 e. The van der Waals surface area contributed by atoms with E-state index in [1.807, 2.05) is 24.3 Å². The topological polar surface area (TPSA) is 35.5 Å². The SMILES string of the molecule is CCCCCC#C[C@@H](CC=O)OCc1ccc(OC)cc1. The Morgan fingerprint density at radius 3 is 2.62 bits per heavy atom. The summed E-state index contributed by atoms with van der Waals surface area (Å²) in [6.07, 6.45) is 5.22. The van der Waals surface area contributed by atoms with Crippen LogP contribution in [-0.4, -0.2) is 19.5 Å². The van der Waals surface area contributed by atoms with Crippen LogP contribution in [0.2, 0.25) is 0 Å². The lowest BCUT2D eigenvalue weighted by Gasteiger charge is -2.10. The van der Waals surface area contributed by atoms with Crippen LogP contribution in [0.3, 0.4) is 0 Å². The zero-order chi connectivity index (χ0) is 15.3. The maximum absolute atomic E-state index is 10.7. The number of carbonyl (C=O) groups excluding carboxylic acids is 1. The molecule has 1 aromatic carbocycles. The molecule has 0 aromatic heterocycles. The number of hydrogen-bond donors (Lipinski definition) is 0. The van der Waals surface area contributed by atoms with E-state index in [1.165, 1.54) is 12.8 Å². The summed E-state index contributed by atoms with van der Waals surface area (Å²) in [5.41, 5.74) is 1.04. The van der Waals surface area contributed by atoms with Crippen LogP contribution in [0.1, 0.15) is 44.6 Å². The summed E-state index contributed by atoms with van der Waals surface area (Å²) < 4.78 is 10.8. The van der Waals surface area contributed by atoms with E-state index in [2.05, 4.69) is 18.8 Å². The Labute approximate surface area is 127 Å². The van der Waals surface area contributed by atoms with Crippen LogP contribution in [0.4, 0.5) is 0 Å². The Hall–Kier alpha value is -1.79. The van der Waals surface area contributed by atoms with Crippen molar-refractivity contribution < 1.29 is 14.3 Å². The largest absolute Gasteiger partial charge is 0.497 e. The van der Waals surface area contributed by atoms with Crippen molar-refractivity contribution >= 4 is 6.29 Å². The highest BCUT2D eigenvalue weighted by atomic mass is 16.5. The first-order chi connectivity index (χ1) is 10.3. The molecule has 0 saturated heterocycles. The third-order valence-corrected chi connectivity index (χ3v) is 3.09. The van der Waals surface area contributed by atoms with E-state index in [9.17, 15) is 4.79 Å². The fourth-order valence-electron chi connectivity index (χ4n) is 1.82. The Kier molecular flexibility index (Phi) is 8.99. The van der Waals surface area contributed by atoms with Gasteiger partial charge in [0.2, 0.25) is 0 Å². The van der Waals surface area contributed by atoms with Crippen molar-refractivity contribution in [2.75, 3.05) is 7.11 Å². The van der Waals surface area contributed by atoms with Gasteiger partial charge in [-0.2, -0.15) is 0 Å². The number of hydrogen-bond acceptors (Lipinski definition) is 3. The number of carbonyl (C=O) groups is 1. The molecule has 114 valence electrons. The average molecular weight is 288 g/mol. The van der Waals surface area contributed by atoms with E-state index < -0.39 is 0 Å². The van der Waals surface area contributed by atoms with Gasteiger partial charge in [0.1, 0.15) is 18.1 Å². The molecule has 1 atom stereocenters. The second-order valence-corrected chi connectivity index (χ2v) is 4.83. The van der Waals surface area contributed by atoms with Crippen LogP contribution in [0, 0.1) is 11.8 Å². The predicted octanol–water partition coefficient (Wildman–Crippen LogP) is 3.75. The zero-order valence-electron chi connectivity index (χ0n) is 12.9. The molecule has 0 N–H and O–H groups in total. The molecule has 3 nitrogen and oxygen atoms in total. The molecule has 0 saturated carbocycles. The first kappa shape index (κ1) is 17.3. The summed E-state index contributed by atoms with van der Waals surface area (Å²) in [5.74, 6) is 6.97. The van der Waals surface area contributed by atoms with E-state index in [1.54, 1.807) is 7.11 Å². The van der Waals surface area contributed by atoms with Crippen molar-refractivity contribution in [3.63, 3.8) is 0 Å². The minimum atomic E-state index is -0.314. The highest BCUT2D eigenvalue weighted by Gasteiger charge is 2.05. The third kappa shape index (κ3) is 7.53. The maximum atomic E-state index is 10.7. The Balaban J connectivity index is 2.43. The molecule has 0 amide bonds. The predicted molar refractivity (Wildman–Crippen MR) is 84.2 cm³/mol. The second-order valence-electron chi connectivity index (χ2n) is 4.83. The highest BCUT2D eigenvalue weighted by Crippen LogP contribution is 2.13. The van der Waals surface area contributed by atoms with Gasteiger partial charge < -0.3 is 14.3 Å². The van der Waals surface area contributed by atoms with E-state index >= 15 is 0 Å². The molecule has 1 rings (SSSR count). The third-order valence-electron chi connectivity index (χ3n) is 3.09. The van der Waals surface area contributed by atoms with Gasteiger partial charge in [0, 0.05) is 12.8 Å². The Morgan fingerprint density at radius 2 is 2.00 bits per heavy atom. The molecule has 21 heavy (non-hydrogen) atoms. The van der Waals surface area contributed by atoms with Gasteiger partial charge in [-0.05, 0) is 24.1 Å². The summed E-state index contributed by atoms with van der Waals surface area (Å²) in [4.78, 5) is 10.7. The van der Waals surface area contributed by atoms with Gasteiger partial charge >= 0.3 is 0 Å². The minimum Gasteiger partial charge on any atom is -0.497 e. The number of benzene rings is 1. The van der Waals surface area contributed by atoms with Crippen molar-refractivity contribution in [1.29, 1.82) is 0 Å². The second kappa shape index (κ2) is 10.9. The molecule has 3 heteroatoms. The lowest BCUT2D eigenvalue weighted by Crippen LogP contribution is -2.11. The Bertz CT molecular complexity index is 454.